The third kappa shape index (κ3) is 4.40. The molecule has 0 saturated carbocycles. The molecule has 5 aromatic rings. The van der Waals surface area contributed by atoms with Gasteiger partial charge in [0.2, 0.25) is 13.4 Å². The Balaban J connectivity index is 1.26. The first-order chi connectivity index (χ1) is 22.3. The van der Waals surface area contributed by atoms with Crippen LogP contribution in [0.15, 0.2) is 145 Å². The standard InChI is InChI=1S/C42H35B2N/c1-4-13-30(14-5-1)32-23-26-35(27-24-32)44-36-19-10-11-22-40(36)45-41-29-33(31-15-6-2-7-16-31)25-28-37(41)43(34-17-8-3-9-18-34)38-20-12-21-39(44)42(38)45/h1-2,4-6,10-15,17,19-29H,3,7-9,16,18H2. The quantitative estimate of drug-likeness (QED) is 0.199. The summed E-state index contributed by atoms with van der Waals surface area (Å²) in [5.41, 5.74) is 18.0. The highest BCUT2D eigenvalue weighted by molar-refractivity contribution is 7.00. The van der Waals surface area contributed by atoms with Crippen LogP contribution in [0, 0.1) is 0 Å². The molecule has 0 fully saturated rings. The van der Waals surface area contributed by atoms with Gasteiger partial charge in [-0.25, -0.2) is 0 Å². The number of fused-ring (bicyclic) bond motifs is 4. The number of hydrogen-bond donors (Lipinski definition) is 0. The van der Waals surface area contributed by atoms with Crippen LogP contribution >= 0.6 is 0 Å². The maximum atomic E-state index is 2.62. The Labute approximate surface area is 267 Å². The fraction of sp³-hybridized carbons (Fsp3) is 0.143. The summed E-state index contributed by atoms with van der Waals surface area (Å²) in [6.45, 7) is 0.473. The molecule has 0 N–H and O–H groups in total. The number of benzene rings is 5. The third-order valence-corrected chi connectivity index (χ3v) is 10.4. The summed E-state index contributed by atoms with van der Waals surface area (Å²) in [5, 5.41) is 0. The van der Waals surface area contributed by atoms with Crippen LogP contribution in [0.3, 0.4) is 0 Å². The average molecular weight is 575 g/mol. The fourth-order valence-electron chi connectivity index (χ4n) is 8.35. The number of para-hydroxylation sites is 2. The molecule has 0 amide bonds. The van der Waals surface area contributed by atoms with Gasteiger partial charge in [-0.3, -0.25) is 0 Å². The molecule has 0 unspecified atom stereocenters. The monoisotopic (exact) mass is 575 g/mol. The molecule has 214 valence electrons. The second-order valence-electron chi connectivity index (χ2n) is 13.0. The minimum absolute atomic E-state index is 0.175. The predicted molar refractivity (Wildman–Crippen MR) is 196 cm³/mol. The molecule has 0 spiro atoms. The van der Waals surface area contributed by atoms with Gasteiger partial charge in [0.05, 0.1) is 0 Å². The average Bonchev–Trinajstić information content (AvgIpc) is 3.12. The molecule has 0 atom stereocenters. The Bertz CT molecular complexity index is 2020. The molecule has 45 heavy (non-hydrogen) atoms. The lowest BCUT2D eigenvalue weighted by atomic mass is 9.30. The normalized spacial score (nSPS) is 16.4. The van der Waals surface area contributed by atoms with Gasteiger partial charge in [-0.2, -0.15) is 0 Å². The van der Waals surface area contributed by atoms with E-state index in [0.717, 1.165) is 12.8 Å². The van der Waals surface area contributed by atoms with Gasteiger partial charge in [-0.15, -0.1) is 0 Å². The summed E-state index contributed by atoms with van der Waals surface area (Å²) in [6.07, 6.45) is 16.6. The van der Waals surface area contributed by atoms with E-state index < -0.39 is 0 Å². The molecule has 0 saturated heterocycles. The second-order valence-corrected chi connectivity index (χ2v) is 13.0. The second kappa shape index (κ2) is 11.0. The predicted octanol–water partition coefficient (Wildman–Crippen LogP) is 7.35. The molecule has 1 nitrogen and oxygen atoms in total. The minimum Gasteiger partial charge on any atom is -0.313 e. The number of allylic oxidation sites excluding steroid dienone is 6. The lowest BCUT2D eigenvalue weighted by molar-refractivity contribution is 0.720. The van der Waals surface area contributed by atoms with Gasteiger partial charge < -0.3 is 4.90 Å². The minimum atomic E-state index is 0.175. The highest BCUT2D eigenvalue weighted by Crippen LogP contribution is 2.40. The first-order valence-corrected chi connectivity index (χ1v) is 16.7. The molecular weight excluding hydrogens is 540 g/mol. The number of nitrogens with zero attached hydrogens (tertiary/aromatic N) is 1. The van der Waals surface area contributed by atoms with Crippen molar-refractivity contribution in [2.24, 2.45) is 0 Å². The van der Waals surface area contributed by atoms with E-state index in [1.165, 1.54) is 92.3 Å². The molecule has 3 heteroatoms. The van der Waals surface area contributed by atoms with Crippen molar-refractivity contribution in [2.45, 2.75) is 38.5 Å². The molecule has 2 aliphatic heterocycles. The van der Waals surface area contributed by atoms with E-state index in [2.05, 4.69) is 144 Å². The van der Waals surface area contributed by atoms with Crippen LogP contribution in [-0.2, 0) is 0 Å². The Morgan fingerprint density at radius 3 is 2.07 bits per heavy atom. The van der Waals surface area contributed by atoms with Crippen molar-refractivity contribution >= 4 is 63.4 Å². The van der Waals surface area contributed by atoms with E-state index in [1.54, 1.807) is 5.47 Å². The highest BCUT2D eigenvalue weighted by Gasteiger charge is 2.43. The van der Waals surface area contributed by atoms with E-state index in [0.29, 0.717) is 6.71 Å². The van der Waals surface area contributed by atoms with Crippen LogP contribution in [0.25, 0.3) is 16.7 Å². The molecule has 4 aliphatic rings. The van der Waals surface area contributed by atoms with Crippen molar-refractivity contribution in [3.05, 3.63) is 151 Å². The van der Waals surface area contributed by atoms with E-state index in [9.17, 15) is 0 Å². The summed E-state index contributed by atoms with van der Waals surface area (Å²) >= 11 is 0. The Hall–Kier alpha value is -4.75. The topological polar surface area (TPSA) is 3.24 Å². The first kappa shape index (κ1) is 26.6. The van der Waals surface area contributed by atoms with Crippen molar-refractivity contribution in [1.82, 2.24) is 0 Å². The molecule has 5 aromatic carbocycles. The van der Waals surface area contributed by atoms with E-state index in [4.69, 9.17) is 0 Å². The number of rotatable bonds is 4. The molecule has 9 rings (SSSR count). The lowest BCUT2D eigenvalue weighted by Gasteiger charge is -2.44. The van der Waals surface area contributed by atoms with Crippen molar-refractivity contribution < 1.29 is 0 Å². The van der Waals surface area contributed by atoms with E-state index in [-0.39, 0.29) is 6.71 Å². The van der Waals surface area contributed by atoms with Gasteiger partial charge in [-0.1, -0.05) is 145 Å². The van der Waals surface area contributed by atoms with Crippen LogP contribution < -0.4 is 32.2 Å². The number of hydrogen-bond acceptors (Lipinski definition) is 1. The largest absolute Gasteiger partial charge is 0.313 e. The van der Waals surface area contributed by atoms with Crippen molar-refractivity contribution in [1.29, 1.82) is 0 Å². The Morgan fingerprint density at radius 1 is 0.533 bits per heavy atom. The maximum absolute atomic E-state index is 2.62. The SMILES string of the molecule is C1=CCCC(c2ccc3c(c2)N2c4ccccc4B(c4ccc(-c5ccccc5)cc4)c4cccc(c42)B3C2=CCCCC2)=C1. The van der Waals surface area contributed by atoms with Gasteiger partial charge in [0, 0.05) is 17.1 Å². The summed E-state index contributed by atoms with van der Waals surface area (Å²) in [5.74, 6) is 0. The summed E-state index contributed by atoms with van der Waals surface area (Å²) in [4.78, 5) is 2.62. The Morgan fingerprint density at radius 2 is 1.27 bits per heavy atom. The van der Waals surface area contributed by atoms with Crippen LogP contribution in [0.1, 0.15) is 44.1 Å². The molecule has 2 heterocycles. The zero-order valence-corrected chi connectivity index (χ0v) is 25.6. The third-order valence-electron chi connectivity index (χ3n) is 10.4. The van der Waals surface area contributed by atoms with Gasteiger partial charge in [-0.05, 0) is 88.4 Å². The van der Waals surface area contributed by atoms with Gasteiger partial charge in [0.1, 0.15) is 0 Å². The Kier molecular flexibility index (Phi) is 6.51. The van der Waals surface area contributed by atoms with Crippen LogP contribution in [-0.4, -0.2) is 13.4 Å². The molecule has 0 aromatic heterocycles. The molecule has 2 aliphatic carbocycles. The van der Waals surface area contributed by atoms with Crippen LogP contribution in [0.5, 0.6) is 0 Å². The van der Waals surface area contributed by atoms with Gasteiger partial charge in [0.25, 0.3) is 0 Å². The number of anilines is 3. The first-order valence-electron chi connectivity index (χ1n) is 16.7. The van der Waals surface area contributed by atoms with E-state index in [1.807, 2.05) is 0 Å². The fourth-order valence-corrected chi connectivity index (χ4v) is 8.35. The smallest absolute Gasteiger partial charge is 0.246 e. The van der Waals surface area contributed by atoms with Gasteiger partial charge in [0.15, 0.2) is 0 Å². The highest BCUT2D eigenvalue weighted by atomic mass is 15.2. The lowest BCUT2D eigenvalue weighted by Crippen LogP contribution is -2.63. The van der Waals surface area contributed by atoms with Crippen molar-refractivity contribution in [3.63, 3.8) is 0 Å². The maximum Gasteiger partial charge on any atom is 0.246 e. The van der Waals surface area contributed by atoms with Crippen molar-refractivity contribution in [2.75, 3.05) is 4.90 Å². The van der Waals surface area contributed by atoms with E-state index >= 15 is 0 Å². The zero-order chi connectivity index (χ0) is 29.7. The molecular formula is C42H35B2N. The summed E-state index contributed by atoms with van der Waals surface area (Å²) in [7, 11) is 0. The van der Waals surface area contributed by atoms with Crippen LogP contribution in [0.4, 0.5) is 17.1 Å². The summed E-state index contributed by atoms with van der Waals surface area (Å²) in [6, 6.07) is 43.7. The summed E-state index contributed by atoms with van der Waals surface area (Å²) < 4.78 is 0. The molecule has 0 bridgehead atoms. The zero-order valence-electron chi connectivity index (χ0n) is 25.6. The molecule has 0 radical (unpaired) electrons. The van der Waals surface area contributed by atoms with Crippen LogP contribution in [0.2, 0.25) is 0 Å². The van der Waals surface area contributed by atoms with Gasteiger partial charge >= 0.3 is 0 Å². The van der Waals surface area contributed by atoms with Crippen molar-refractivity contribution in [3.8, 4) is 11.1 Å².